The molecule has 1 N–H and O–H groups in total. The molecule has 0 unspecified atom stereocenters. The van der Waals surface area contributed by atoms with Crippen molar-refractivity contribution in [3.63, 3.8) is 0 Å². The molecule has 2 amide bonds. The lowest BCUT2D eigenvalue weighted by Crippen LogP contribution is -2.52. The molecular weight excluding hydrogens is 318 g/mol. The Labute approximate surface area is 149 Å². The molecular formula is C19H27N3O3. The van der Waals surface area contributed by atoms with E-state index in [4.69, 9.17) is 4.74 Å². The molecule has 25 heavy (non-hydrogen) atoms. The zero-order chi connectivity index (χ0) is 17.6. The van der Waals surface area contributed by atoms with Crippen LogP contribution in [0, 0.1) is 0 Å². The number of amides is 2. The zero-order valence-electron chi connectivity index (χ0n) is 14.9. The van der Waals surface area contributed by atoms with Gasteiger partial charge in [-0.2, -0.15) is 0 Å². The van der Waals surface area contributed by atoms with E-state index in [9.17, 15) is 9.59 Å². The van der Waals surface area contributed by atoms with Gasteiger partial charge in [0.2, 0.25) is 11.8 Å². The van der Waals surface area contributed by atoms with E-state index in [1.54, 1.807) is 7.11 Å². The summed E-state index contributed by atoms with van der Waals surface area (Å²) in [6.45, 7) is 4.04. The van der Waals surface area contributed by atoms with Gasteiger partial charge in [0.1, 0.15) is 5.75 Å². The first-order chi connectivity index (χ1) is 12.2. The largest absolute Gasteiger partial charge is 0.496 e. The Hall–Kier alpha value is -2.08. The van der Waals surface area contributed by atoms with Crippen molar-refractivity contribution >= 4 is 11.8 Å². The lowest BCUT2D eigenvalue weighted by molar-refractivity contribution is -0.132. The number of hydrogen-bond donors (Lipinski definition) is 1. The van der Waals surface area contributed by atoms with Gasteiger partial charge in [0, 0.05) is 50.7 Å². The predicted octanol–water partition coefficient (Wildman–Crippen LogP) is 1.05. The molecule has 2 heterocycles. The monoisotopic (exact) mass is 345 g/mol. The van der Waals surface area contributed by atoms with Crippen molar-refractivity contribution in [3.8, 4) is 5.75 Å². The fourth-order valence-corrected chi connectivity index (χ4v) is 3.73. The summed E-state index contributed by atoms with van der Waals surface area (Å²) >= 11 is 0. The van der Waals surface area contributed by atoms with Crippen LogP contribution in [-0.4, -0.2) is 67.5 Å². The van der Waals surface area contributed by atoms with Crippen LogP contribution in [0.4, 0.5) is 0 Å². The zero-order valence-corrected chi connectivity index (χ0v) is 14.9. The van der Waals surface area contributed by atoms with E-state index in [1.807, 2.05) is 29.2 Å². The standard InChI is InChI=1S/C19H27N3O3/c1-25-17-5-3-2-4-15(17)14-19(24)22-12-10-21(11-13-22)16-6-7-18(23)20-9-8-16/h2-5,16H,6-14H2,1H3,(H,20,23)/t16-/m1/s1. The van der Waals surface area contributed by atoms with Gasteiger partial charge in [0.15, 0.2) is 0 Å². The Morgan fingerprint density at radius 3 is 2.72 bits per heavy atom. The maximum Gasteiger partial charge on any atom is 0.227 e. The Bertz CT molecular complexity index is 612. The third kappa shape index (κ3) is 4.51. The van der Waals surface area contributed by atoms with Crippen LogP contribution in [0.1, 0.15) is 24.8 Å². The third-order valence-electron chi connectivity index (χ3n) is 5.22. The van der Waals surface area contributed by atoms with Gasteiger partial charge in [-0.25, -0.2) is 0 Å². The minimum atomic E-state index is 0.155. The summed E-state index contributed by atoms with van der Waals surface area (Å²) in [5.41, 5.74) is 0.936. The number of hydrogen-bond acceptors (Lipinski definition) is 4. The minimum Gasteiger partial charge on any atom is -0.496 e. The Balaban J connectivity index is 1.51. The molecule has 1 aromatic carbocycles. The van der Waals surface area contributed by atoms with Crippen molar-refractivity contribution < 1.29 is 14.3 Å². The number of carbonyl (C=O) groups is 2. The van der Waals surface area contributed by atoms with E-state index in [1.165, 1.54) is 0 Å². The average Bonchev–Trinajstić information content (AvgIpc) is 2.87. The number of methoxy groups -OCH3 is 1. The lowest BCUT2D eigenvalue weighted by Gasteiger charge is -2.39. The fourth-order valence-electron chi connectivity index (χ4n) is 3.73. The van der Waals surface area contributed by atoms with Crippen molar-refractivity contribution in [1.82, 2.24) is 15.1 Å². The molecule has 0 spiro atoms. The Kier molecular flexibility index (Phi) is 5.91. The first-order valence-electron chi connectivity index (χ1n) is 9.08. The number of piperazine rings is 1. The van der Waals surface area contributed by atoms with Crippen LogP contribution in [0.15, 0.2) is 24.3 Å². The van der Waals surface area contributed by atoms with Crippen LogP contribution < -0.4 is 10.1 Å². The maximum atomic E-state index is 12.6. The van der Waals surface area contributed by atoms with Crippen LogP contribution in [-0.2, 0) is 16.0 Å². The number of carbonyl (C=O) groups excluding carboxylic acids is 2. The van der Waals surface area contributed by atoms with E-state index in [0.717, 1.165) is 56.9 Å². The molecule has 0 aliphatic carbocycles. The van der Waals surface area contributed by atoms with Crippen LogP contribution in [0.3, 0.4) is 0 Å². The van der Waals surface area contributed by atoms with Crippen LogP contribution in [0.25, 0.3) is 0 Å². The second-order valence-corrected chi connectivity index (χ2v) is 6.74. The Morgan fingerprint density at radius 1 is 1.20 bits per heavy atom. The first kappa shape index (κ1) is 17.7. The van der Waals surface area contributed by atoms with E-state index in [-0.39, 0.29) is 11.8 Å². The summed E-state index contributed by atoms with van der Waals surface area (Å²) < 4.78 is 5.34. The summed E-state index contributed by atoms with van der Waals surface area (Å²) in [6, 6.07) is 8.14. The first-order valence-corrected chi connectivity index (χ1v) is 9.08. The maximum absolute atomic E-state index is 12.6. The van der Waals surface area contributed by atoms with Gasteiger partial charge in [0.25, 0.3) is 0 Å². The highest BCUT2D eigenvalue weighted by atomic mass is 16.5. The van der Waals surface area contributed by atoms with Crippen molar-refractivity contribution in [2.45, 2.75) is 31.7 Å². The molecule has 6 heteroatoms. The van der Waals surface area contributed by atoms with E-state index in [2.05, 4.69) is 10.2 Å². The van der Waals surface area contributed by atoms with Gasteiger partial charge in [-0.1, -0.05) is 18.2 Å². The smallest absolute Gasteiger partial charge is 0.227 e. The van der Waals surface area contributed by atoms with Gasteiger partial charge in [-0.3, -0.25) is 14.5 Å². The molecule has 2 fully saturated rings. The molecule has 0 radical (unpaired) electrons. The SMILES string of the molecule is COc1ccccc1CC(=O)N1CCN([C@H]2CCNC(=O)CC2)CC1. The lowest BCUT2D eigenvalue weighted by atomic mass is 10.1. The number of benzene rings is 1. The normalized spacial score (nSPS) is 22.2. The van der Waals surface area contributed by atoms with Crippen LogP contribution in [0.5, 0.6) is 5.75 Å². The van der Waals surface area contributed by atoms with Gasteiger partial charge in [0.05, 0.1) is 13.5 Å². The quantitative estimate of drug-likeness (QED) is 0.886. The summed E-state index contributed by atoms with van der Waals surface area (Å²) in [5, 5.41) is 2.94. The molecule has 2 aliphatic rings. The van der Waals surface area contributed by atoms with Crippen molar-refractivity contribution in [3.05, 3.63) is 29.8 Å². The number of para-hydroxylation sites is 1. The van der Waals surface area contributed by atoms with Crippen molar-refractivity contribution in [2.24, 2.45) is 0 Å². The van der Waals surface area contributed by atoms with Crippen LogP contribution in [0.2, 0.25) is 0 Å². The molecule has 3 rings (SSSR count). The second-order valence-electron chi connectivity index (χ2n) is 6.74. The van der Waals surface area contributed by atoms with Crippen molar-refractivity contribution in [1.29, 1.82) is 0 Å². The van der Waals surface area contributed by atoms with E-state index < -0.39 is 0 Å². The molecule has 0 bridgehead atoms. The number of nitrogens with one attached hydrogen (secondary N) is 1. The highest BCUT2D eigenvalue weighted by Crippen LogP contribution is 2.20. The molecule has 6 nitrogen and oxygen atoms in total. The molecule has 2 aliphatic heterocycles. The van der Waals surface area contributed by atoms with Gasteiger partial charge < -0.3 is 15.0 Å². The summed E-state index contributed by atoms with van der Waals surface area (Å²) in [7, 11) is 1.63. The average molecular weight is 345 g/mol. The topological polar surface area (TPSA) is 61.9 Å². The molecule has 0 aromatic heterocycles. The fraction of sp³-hybridized carbons (Fsp3) is 0.579. The highest BCUT2D eigenvalue weighted by Gasteiger charge is 2.27. The van der Waals surface area contributed by atoms with Crippen LogP contribution >= 0.6 is 0 Å². The van der Waals surface area contributed by atoms with E-state index in [0.29, 0.717) is 18.9 Å². The molecule has 136 valence electrons. The number of nitrogens with zero attached hydrogens (tertiary/aromatic N) is 2. The summed E-state index contributed by atoms with van der Waals surface area (Å²) in [5.74, 6) is 1.08. The Morgan fingerprint density at radius 2 is 1.96 bits per heavy atom. The van der Waals surface area contributed by atoms with Gasteiger partial charge in [-0.05, 0) is 18.9 Å². The van der Waals surface area contributed by atoms with Gasteiger partial charge in [-0.15, -0.1) is 0 Å². The molecule has 1 atom stereocenters. The predicted molar refractivity (Wildman–Crippen MR) is 95.5 cm³/mol. The summed E-state index contributed by atoms with van der Waals surface area (Å²) in [4.78, 5) is 28.5. The van der Waals surface area contributed by atoms with Crippen molar-refractivity contribution in [2.75, 3.05) is 39.8 Å². The third-order valence-corrected chi connectivity index (χ3v) is 5.22. The highest BCUT2D eigenvalue weighted by molar-refractivity contribution is 5.79. The molecule has 0 saturated carbocycles. The van der Waals surface area contributed by atoms with Gasteiger partial charge >= 0.3 is 0 Å². The summed E-state index contributed by atoms with van der Waals surface area (Å²) in [6.07, 6.45) is 2.91. The minimum absolute atomic E-state index is 0.155. The molecule has 1 aromatic rings. The number of ether oxygens (including phenoxy) is 1. The molecule has 2 saturated heterocycles. The number of rotatable bonds is 4. The van der Waals surface area contributed by atoms with E-state index >= 15 is 0 Å². The second kappa shape index (κ2) is 8.34.